The monoisotopic (exact) mass is 593 g/mol. The SMILES string of the molecule is CCc1ccccc1N(CC(=O)N(Cc1ccc(OC)cc1)[C@@H](CC)C(=O)NCC(C)C)S(=O)(=O)c1ccc(C)cc1. The molecule has 2 amide bonds. The molecule has 1 N–H and O–H groups in total. The van der Waals surface area contributed by atoms with Crippen LogP contribution in [0.25, 0.3) is 0 Å². The van der Waals surface area contributed by atoms with E-state index in [0.29, 0.717) is 30.8 Å². The van der Waals surface area contributed by atoms with Gasteiger partial charge >= 0.3 is 0 Å². The van der Waals surface area contributed by atoms with Crippen LogP contribution in [0.1, 0.15) is 50.8 Å². The number of sulfonamides is 1. The first-order chi connectivity index (χ1) is 20.0. The van der Waals surface area contributed by atoms with E-state index in [1.807, 2.05) is 58.9 Å². The number of nitrogens with one attached hydrogen (secondary N) is 1. The fourth-order valence-corrected chi connectivity index (χ4v) is 6.13. The Morgan fingerprint density at radius 3 is 2.14 bits per heavy atom. The minimum absolute atomic E-state index is 0.0928. The van der Waals surface area contributed by atoms with Crippen molar-refractivity contribution in [1.82, 2.24) is 10.2 Å². The summed E-state index contributed by atoms with van der Waals surface area (Å²) >= 11 is 0. The molecule has 226 valence electrons. The summed E-state index contributed by atoms with van der Waals surface area (Å²) in [4.78, 5) is 29.2. The van der Waals surface area contributed by atoms with Crippen molar-refractivity contribution in [3.8, 4) is 5.75 Å². The maximum atomic E-state index is 14.2. The van der Waals surface area contributed by atoms with Crippen LogP contribution in [0.3, 0.4) is 0 Å². The van der Waals surface area contributed by atoms with Crippen LogP contribution in [-0.2, 0) is 32.6 Å². The third kappa shape index (κ3) is 8.12. The third-order valence-electron chi connectivity index (χ3n) is 7.11. The van der Waals surface area contributed by atoms with Gasteiger partial charge in [0.1, 0.15) is 18.3 Å². The lowest BCUT2D eigenvalue weighted by Gasteiger charge is -2.34. The van der Waals surface area contributed by atoms with E-state index in [2.05, 4.69) is 5.32 Å². The van der Waals surface area contributed by atoms with Crippen molar-refractivity contribution < 1.29 is 22.7 Å². The van der Waals surface area contributed by atoms with Gasteiger partial charge in [0.2, 0.25) is 11.8 Å². The van der Waals surface area contributed by atoms with Gasteiger partial charge in [-0.05, 0) is 67.1 Å². The molecule has 0 radical (unpaired) electrons. The number of para-hydroxylation sites is 1. The topological polar surface area (TPSA) is 96.0 Å². The molecule has 42 heavy (non-hydrogen) atoms. The molecule has 3 aromatic rings. The number of aryl methyl sites for hydroxylation is 2. The molecule has 0 aromatic heterocycles. The van der Waals surface area contributed by atoms with E-state index in [1.54, 1.807) is 55.6 Å². The van der Waals surface area contributed by atoms with Gasteiger partial charge in [-0.3, -0.25) is 13.9 Å². The van der Waals surface area contributed by atoms with E-state index in [9.17, 15) is 18.0 Å². The zero-order chi connectivity index (χ0) is 30.9. The van der Waals surface area contributed by atoms with Crippen LogP contribution in [-0.4, -0.2) is 51.4 Å². The highest BCUT2D eigenvalue weighted by molar-refractivity contribution is 7.92. The zero-order valence-corrected chi connectivity index (χ0v) is 26.3. The van der Waals surface area contributed by atoms with Gasteiger partial charge in [0.15, 0.2) is 0 Å². The van der Waals surface area contributed by atoms with Crippen molar-refractivity contribution in [2.45, 2.75) is 64.9 Å². The van der Waals surface area contributed by atoms with Crippen LogP contribution >= 0.6 is 0 Å². The van der Waals surface area contributed by atoms with E-state index in [1.165, 1.54) is 9.21 Å². The molecule has 0 spiro atoms. The minimum Gasteiger partial charge on any atom is -0.497 e. The van der Waals surface area contributed by atoms with Gasteiger partial charge in [0.25, 0.3) is 10.0 Å². The summed E-state index contributed by atoms with van der Waals surface area (Å²) in [6.45, 7) is 9.82. The Labute approximate surface area is 250 Å². The Morgan fingerprint density at radius 1 is 0.929 bits per heavy atom. The van der Waals surface area contributed by atoms with Crippen molar-refractivity contribution in [1.29, 1.82) is 0 Å². The Hall–Kier alpha value is -3.85. The van der Waals surface area contributed by atoms with Crippen molar-refractivity contribution in [2.24, 2.45) is 5.92 Å². The molecular weight excluding hydrogens is 550 g/mol. The number of benzene rings is 3. The average molecular weight is 594 g/mol. The maximum Gasteiger partial charge on any atom is 0.264 e. The molecule has 8 nitrogen and oxygen atoms in total. The number of rotatable bonds is 14. The standard InChI is InChI=1S/C33H43N3O5S/c1-7-27-11-9-10-12-31(27)36(42(39,40)29-19-13-25(5)14-20-29)23-32(37)35(22-26-15-17-28(41-6)18-16-26)30(8-2)33(38)34-21-24(3)4/h9-20,24,30H,7-8,21-23H2,1-6H3,(H,34,38)/t30-/m0/s1. The fraction of sp³-hybridized carbons (Fsp3) is 0.394. The van der Waals surface area contributed by atoms with Crippen LogP contribution in [0, 0.1) is 12.8 Å². The molecule has 1 atom stereocenters. The molecule has 0 aliphatic rings. The predicted octanol–water partition coefficient (Wildman–Crippen LogP) is 5.34. The second-order valence-electron chi connectivity index (χ2n) is 10.7. The Bertz CT molecular complexity index is 1440. The van der Waals surface area contributed by atoms with E-state index in [0.717, 1.165) is 16.7 Å². The molecule has 0 aliphatic carbocycles. The van der Waals surface area contributed by atoms with Gasteiger partial charge in [0, 0.05) is 13.1 Å². The highest BCUT2D eigenvalue weighted by Gasteiger charge is 2.34. The molecule has 0 fully saturated rings. The van der Waals surface area contributed by atoms with Crippen LogP contribution in [0.5, 0.6) is 5.75 Å². The molecule has 0 aliphatic heterocycles. The number of carbonyl (C=O) groups is 2. The van der Waals surface area contributed by atoms with Crippen LogP contribution < -0.4 is 14.4 Å². The van der Waals surface area contributed by atoms with Gasteiger partial charge in [-0.2, -0.15) is 0 Å². The first-order valence-electron chi connectivity index (χ1n) is 14.4. The molecular formula is C33H43N3O5S. The number of hydrogen-bond acceptors (Lipinski definition) is 5. The Morgan fingerprint density at radius 2 is 1.57 bits per heavy atom. The number of amides is 2. The highest BCUT2D eigenvalue weighted by atomic mass is 32.2. The minimum atomic E-state index is -4.12. The van der Waals surface area contributed by atoms with Crippen LogP contribution in [0.15, 0.2) is 77.7 Å². The molecule has 0 bridgehead atoms. The third-order valence-corrected chi connectivity index (χ3v) is 8.89. The molecule has 0 saturated carbocycles. The van der Waals surface area contributed by atoms with Crippen LogP contribution in [0.2, 0.25) is 0 Å². The zero-order valence-electron chi connectivity index (χ0n) is 25.5. The van der Waals surface area contributed by atoms with E-state index in [-0.39, 0.29) is 23.3 Å². The highest BCUT2D eigenvalue weighted by Crippen LogP contribution is 2.28. The summed E-state index contributed by atoms with van der Waals surface area (Å²) in [5, 5.41) is 2.95. The van der Waals surface area contributed by atoms with Crippen molar-refractivity contribution in [3.63, 3.8) is 0 Å². The normalized spacial score (nSPS) is 12.1. The van der Waals surface area contributed by atoms with E-state index < -0.39 is 28.5 Å². The summed E-state index contributed by atoms with van der Waals surface area (Å²) in [6, 6.07) is 20.3. The first kappa shape index (κ1) is 32.7. The van der Waals surface area contributed by atoms with Gasteiger partial charge in [-0.1, -0.05) is 75.7 Å². The Balaban J connectivity index is 2.08. The second-order valence-corrected chi connectivity index (χ2v) is 12.6. The smallest absolute Gasteiger partial charge is 0.264 e. The average Bonchev–Trinajstić information content (AvgIpc) is 2.99. The number of ether oxygens (including phenoxy) is 1. The number of nitrogens with zero attached hydrogens (tertiary/aromatic N) is 2. The van der Waals surface area contributed by atoms with Crippen LogP contribution in [0.4, 0.5) is 5.69 Å². The van der Waals surface area contributed by atoms with Gasteiger partial charge < -0.3 is 15.0 Å². The molecule has 3 aromatic carbocycles. The van der Waals surface area contributed by atoms with Crippen molar-refractivity contribution in [3.05, 3.63) is 89.5 Å². The van der Waals surface area contributed by atoms with Gasteiger partial charge in [-0.25, -0.2) is 8.42 Å². The summed E-state index contributed by atoms with van der Waals surface area (Å²) in [5.41, 5.74) is 2.95. The molecule has 0 unspecified atom stereocenters. The number of carbonyl (C=O) groups excluding carboxylic acids is 2. The summed E-state index contributed by atoms with van der Waals surface area (Å²) in [7, 11) is -2.54. The molecule has 0 heterocycles. The molecule has 9 heteroatoms. The lowest BCUT2D eigenvalue weighted by molar-refractivity contribution is -0.140. The molecule has 0 saturated heterocycles. The maximum absolute atomic E-state index is 14.2. The summed E-state index contributed by atoms with van der Waals surface area (Å²) in [6.07, 6.45) is 0.942. The van der Waals surface area contributed by atoms with E-state index >= 15 is 0 Å². The summed E-state index contributed by atoms with van der Waals surface area (Å²) in [5.74, 6) is 0.164. The van der Waals surface area contributed by atoms with Crippen molar-refractivity contribution >= 4 is 27.5 Å². The van der Waals surface area contributed by atoms with Gasteiger partial charge in [-0.15, -0.1) is 0 Å². The second kappa shape index (κ2) is 14.9. The lowest BCUT2D eigenvalue weighted by atomic mass is 10.1. The van der Waals surface area contributed by atoms with E-state index in [4.69, 9.17) is 4.74 Å². The Kier molecular flexibility index (Phi) is 11.6. The molecule has 3 rings (SSSR count). The largest absolute Gasteiger partial charge is 0.497 e. The fourth-order valence-electron chi connectivity index (χ4n) is 4.67. The summed E-state index contributed by atoms with van der Waals surface area (Å²) < 4.78 is 34.7. The first-order valence-corrected chi connectivity index (χ1v) is 15.8. The quantitative estimate of drug-likeness (QED) is 0.272. The lowest BCUT2D eigenvalue weighted by Crippen LogP contribution is -2.52. The number of anilines is 1. The van der Waals surface area contributed by atoms with Gasteiger partial charge in [0.05, 0.1) is 17.7 Å². The predicted molar refractivity (Wildman–Crippen MR) is 167 cm³/mol. The number of methoxy groups -OCH3 is 1. The van der Waals surface area contributed by atoms with Crippen molar-refractivity contribution in [2.75, 3.05) is 24.5 Å². The number of hydrogen-bond donors (Lipinski definition) is 1.